The van der Waals surface area contributed by atoms with E-state index in [0.717, 1.165) is 6.42 Å². The normalized spacial score (nSPS) is 14.1. The first-order valence-electron chi connectivity index (χ1n) is 4.17. The van der Waals surface area contributed by atoms with Crippen LogP contribution in [0.3, 0.4) is 0 Å². The van der Waals surface area contributed by atoms with E-state index in [9.17, 15) is 0 Å². The second kappa shape index (κ2) is 7.99. The lowest BCUT2D eigenvalue weighted by Gasteiger charge is -1.90. The summed E-state index contributed by atoms with van der Waals surface area (Å²) in [6, 6.07) is 0. The van der Waals surface area contributed by atoms with Gasteiger partial charge in [0.2, 0.25) is 0 Å². The molecule has 0 fully saturated rings. The molecule has 0 aliphatic heterocycles. The molecule has 0 aromatic heterocycles. The minimum atomic E-state index is 0.996. The summed E-state index contributed by atoms with van der Waals surface area (Å²) in [5.74, 6) is 0. The predicted octanol–water partition coefficient (Wildman–Crippen LogP) is 3.16. The van der Waals surface area contributed by atoms with E-state index in [1.807, 2.05) is 19.1 Å². The Balaban J connectivity index is 3.77. The van der Waals surface area contributed by atoms with Gasteiger partial charge in [-0.3, -0.25) is 4.99 Å². The zero-order valence-electron chi connectivity index (χ0n) is 8.12. The molecule has 0 radical (unpaired) electrons. The van der Waals surface area contributed by atoms with Crippen LogP contribution in [-0.2, 0) is 0 Å². The fraction of sp³-hybridized carbons (Fsp3) is 0.364. The topological polar surface area (TPSA) is 12.4 Å². The summed E-state index contributed by atoms with van der Waals surface area (Å²) in [5.41, 5.74) is 1.36. The van der Waals surface area contributed by atoms with Crippen LogP contribution in [0.4, 0.5) is 0 Å². The zero-order valence-corrected chi connectivity index (χ0v) is 8.12. The van der Waals surface area contributed by atoms with Gasteiger partial charge in [0.25, 0.3) is 0 Å². The SMILES string of the molecule is C/C=C\C=C(/C)C/C=C\C=NC. The maximum Gasteiger partial charge on any atom is 0.0277 e. The van der Waals surface area contributed by atoms with E-state index >= 15 is 0 Å². The van der Waals surface area contributed by atoms with Gasteiger partial charge in [0.05, 0.1) is 0 Å². The van der Waals surface area contributed by atoms with Crippen LogP contribution in [-0.4, -0.2) is 13.3 Å². The Morgan fingerprint density at radius 1 is 1.33 bits per heavy atom. The molecule has 0 N–H and O–H groups in total. The molecule has 0 heterocycles. The second-order valence-electron chi connectivity index (χ2n) is 2.58. The average molecular weight is 163 g/mol. The van der Waals surface area contributed by atoms with Crippen molar-refractivity contribution in [2.75, 3.05) is 7.05 Å². The van der Waals surface area contributed by atoms with Gasteiger partial charge in [-0.05, 0) is 26.3 Å². The molecule has 0 atom stereocenters. The molecule has 0 rings (SSSR count). The Hall–Kier alpha value is -1.11. The number of rotatable bonds is 4. The van der Waals surface area contributed by atoms with Gasteiger partial charge in [0, 0.05) is 13.3 Å². The maximum atomic E-state index is 3.85. The lowest BCUT2D eigenvalue weighted by Crippen LogP contribution is -1.71. The maximum absolute atomic E-state index is 3.85. The number of allylic oxidation sites excluding steroid dienone is 6. The van der Waals surface area contributed by atoms with Crippen molar-refractivity contribution in [1.82, 2.24) is 0 Å². The van der Waals surface area contributed by atoms with Gasteiger partial charge < -0.3 is 0 Å². The molecule has 0 saturated heterocycles. The quantitative estimate of drug-likeness (QED) is 0.446. The number of hydrogen-bond acceptors (Lipinski definition) is 1. The Kier molecular flexibility index (Phi) is 7.25. The standard InChI is InChI=1S/C11H17N/c1-4-5-8-11(2)9-6-7-10-12-3/h4-8,10H,9H2,1-3H3/b5-4-,7-6-,11-8+,12-10?. The molecule has 66 valence electrons. The second-order valence-corrected chi connectivity index (χ2v) is 2.58. The molecule has 0 amide bonds. The van der Waals surface area contributed by atoms with Gasteiger partial charge >= 0.3 is 0 Å². The van der Waals surface area contributed by atoms with E-state index in [4.69, 9.17) is 0 Å². The summed E-state index contributed by atoms with van der Waals surface area (Å²) in [6.07, 6.45) is 13.1. The molecule has 0 unspecified atom stereocenters. The van der Waals surface area contributed by atoms with Crippen LogP contribution >= 0.6 is 0 Å². The molecular formula is C11H17N. The van der Waals surface area contributed by atoms with Crippen LogP contribution in [0, 0.1) is 0 Å². The largest absolute Gasteiger partial charge is 0.297 e. The molecule has 0 aliphatic carbocycles. The molecule has 0 spiro atoms. The van der Waals surface area contributed by atoms with Gasteiger partial charge in [0.1, 0.15) is 0 Å². The summed E-state index contributed by atoms with van der Waals surface area (Å²) < 4.78 is 0. The Labute approximate surface area is 75.2 Å². The molecule has 1 nitrogen and oxygen atoms in total. The zero-order chi connectivity index (χ0) is 9.23. The molecule has 0 aliphatic rings. The highest BCUT2D eigenvalue weighted by Gasteiger charge is 1.80. The van der Waals surface area contributed by atoms with Crippen molar-refractivity contribution in [2.45, 2.75) is 20.3 Å². The summed E-state index contributed by atoms with van der Waals surface area (Å²) in [6.45, 7) is 4.14. The lowest BCUT2D eigenvalue weighted by atomic mass is 10.2. The third kappa shape index (κ3) is 7.00. The van der Waals surface area contributed by atoms with Gasteiger partial charge in [-0.25, -0.2) is 0 Å². The van der Waals surface area contributed by atoms with Crippen molar-refractivity contribution in [2.24, 2.45) is 4.99 Å². The summed E-state index contributed by atoms with van der Waals surface area (Å²) >= 11 is 0. The predicted molar refractivity (Wildman–Crippen MR) is 56.7 cm³/mol. The van der Waals surface area contributed by atoms with Crippen molar-refractivity contribution >= 4 is 6.21 Å². The lowest BCUT2D eigenvalue weighted by molar-refractivity contribution is 1.21. The monoisotopic (exact) mass is 163 g/mol. The Morgan fingerprint density at radius 3 is 2.67 bits per heavy atom. The van der Waals surface area contributed by atoms with Gasteiger partial charge in [-0.1, -0.05) is 29.9 Å². The summed E-state index contributed by atoms with van der Waals surface area (Å²) in [4.78, 5) is 3.85. The highest BCUT2D eigenvalue weighted by molar-refractivity contribution is 5.70. The van der Waals surface area contributed by atoms with E-state index in [-0.39, 0.29) is 0 Å². The third-order valence-corrected chi connectivity index (χ3v) is 1.38. The highest BCUT2D eigenvalue weighted by Crippen LogP contribution is 2.00. The van der Waals surface area contributed by atoms with Crippen molar-refractivity contribution in [3.63, 3.8) is 0 Å². The van der Waals surface area contributed by atoms with Crippen molar-refractivity contribution in [3.8, 4) is 0 Å². The van der Waals surface area contributed by atoms with Crippen molar-refractivity contribution < 1.29 is 0 Å². The van der Waals surface area contributed by atoms with Crippen LogP contribution in [0.1, 0.15) is 20.3 Å². The first-order chi connectivity index (χ1) is 5.81. The van der Waals surface area contributed by atoms with Crippen molar-refractivity contribution in [1.29, 1.82) is 0 Å². The van der Waals surface area contributed by atoms with E-state index in [2.05, 4.69) is 30.1 Å². The molecule has 0 saturated carbocycles. The fourth-order valence-corrected chi connectivity index (χ4v) is 0.729. The molecular weight excluding hydrogens is 146 g/mol. The molecule has 0 aromatic rings. The molecule has 12 heavy (non-hydrogen) atoms. The average Bonchev–Trinajstić information content (AvgIpc) is 2.09. The van der Waals surface area contributed by atoms with Crippen LogP contribution in [0.15, 0.2) is 40.9 Å². The molecule has 0 bridgehead atoms. The van der Waals surface area contributed by atoms with E-state index in [0.29, 0.717) is 0 Å². The molecule has 1 heteroatoms. The van der Waals surface area contributed by atoms with Crippen LogP contribution < -0.4 is 0 Å². The van der Waals surface area contributed by atoms with E-state index < -0.39 is 0 Å². The van der Waals surface area contributed by atoms with E-state index in [1.54, 1.807) is 13.3 Å². The Morgan fingerprint density at radius 2 is 2.08 bits per heavy atom. The minimum absolute atomic E-state index is 0.996. The number of aliphatic imine (C=N–C) groups is 1. The Bertz CT molecular complexity index is 207. The first-order valence-corrected chi connectivity index (χ1v) is 4.17. The van der Waals surface area contributed by atoms with E-state index in [1.165, 1.54) is 5.57 Å². The fourth-order valence-electron chi connectivity index (χ4n) is 0.729. The van der Waals surface area contributed by atoms with Crippen LogP contribution in [0.5, 0.6) is 0 Å². The van der Waals surface area contributed by atoms with Gasteiger partial charge in [-0.15, -0.1) is 0 Å². The number of nitrogens with zero attached hydrogens (tertiary/aromatic N) is 1. The third-order valence-electron chi connectivity index (χ3n) is 1.38. The highest BCUT2D eigenvalue weighted by atomic mass is 14.6. The van der Waals surface area contributed by atoms with Gasteiger partial charge in [0.15, 0.2) is 0 Å². The van der Waals surface area contributed by atoms with Crippen LogP contribution in [0.25, 0.3) is 0 Å². The summed E-state index contributed by atoms with van der Waals surface area (Å²) in [5, 5.41) is 0. The van der Waals surface area contributed by atoms with Crippen LogP contribution in [0.2, 0.25) is 0 Å². The van der Waals surface area contributed by atoms with Gasteiger partial charge in [-0.2, -0.15) is 0 Å². The minimum Gasteiger partial charge on any atom is -0.297 e. The smallest absolute Gasteiger partial charge is 0.0277 e. The first kappa shape index (κ1) is 10.9. The molecule has 0 aromatic carbocycles. The summed E-state index contributed by atoms with van der Waals surface area (Å²) in [7, 11) is 1.77. The van der Waals surface area contributed by atoms with Crippen molar-refractivity contribution in [3.05, 3.63) is 36.0 Å². The number of hydrogen-bond donors (Lipinski definition) is 0.